The van der Waals surface area contributed by atoms with Gasteiger partial charge in [-0.2, -0.15) is 0 Å². The zero-order valence-electron chi connectivity index (χ0n) is 17.7. The highest BCUT2D eigenvalue weighted by molar-refractivity contribution is 6.10. The molecule has 0 saturated carbocycles. The van der Waals surface area contributed by atoms with Crippen molar-refractivity contribution in [3.8, 4) is 0 Å². The molecular formula is C23H25N3O5. The molecule has 0 atom stereocenters. The van der Waals surface area contributed by atoms with Gasteiger partial charge in [0.2, 0.25) is 11.8 Å². The number of aryl methyl sites for hydroxylation is 1. The van der Waals surface area contributed by atoms with E-state index in [1.807, 2.05) is 41.3 Å². The lowest BCUT2D eigenvalue weighted by Crippen LogP contribution is -2.30. The summed E-state index contributed by atoms with van der Waals surface area (Å²) >= 11 is 0. The van der Waals surface area contributed by atoms with Crippen molar-refractivity contribution in [3.63, 3.8) is 0 Å². The second-order valence-corrected chi connectivity index (χ2v) is 7.22. The molecule has 0 fully saturated rings. The molecule has 1 aromatic heterocycles. The molecule has 0 aliphatic heterocycles. The number of furan rings is 1. The van der Waals surface area contributed by atoms with Crippen LogP contribution in [0, 0.1) is 6.92 Å². The molecule has 2 aromatic carbocycles. The molecule has 0 radical (unpaired) electrons. The number of carbonyl (C=O) groups is 3. The van der Waals surface area contributed by atoms with Gasteiger partial charge in [0.25, 0.3) is 5.91 Å². The molecule has 31 heavy (non-hydrogen) atoms. The van der Waals surface area contributed by atoms with E-state index in [0.717, 1.165) is 16.3 Å². The predicted molar refractivity (Wildman–Crippen MR) is 117 cm³/mol. The molecule has 0 unspecified atom stereocenters. The SMILES string of the molecule is CCOC(=O)c1c(C)oc(NC(=O)CN(C)Cc2ccc3ccccc3c2)c1C(N)=O. The zero-order chi connectivity index (χ0) is 22.5. The number of hydrogen-bond donors (Lipinski definition) is 2. The predicted octanol–water partition coefficient (Wildman–Crippen LogP) is 3.09. The van der Waals surface area contributed by atoms with E-state index < -0.39 is 17.8 Å². The van der Waals surface area contributed by atoms with E-state index in [4.69, 9.17) is 14.9 Å². The highest BCUT2D eigenvalue weighted by atomic mass is 16.5. The van der Waals surface area contributed by atoms with Crippen molar-refractivity contribution in [1.29, 1.82) is 0 Å². The first-order valence-electron chi connectivity index (χ1n) is 9.86. The fraction of sp³-hybridized carbons (Fsp3) is 0.261. The van der Waals surface area contributed by atoms with Gasteiger partial charge in [-0.05, 0) is 43.3 Å². The molecule has 3 rings (SSSR count). The average Bonchev–Trinajstić information content (AvgIpc) is 3.03. The molecule has 162 valence electrons. The summed E-state index contributed by atoms with van der Waals surface area (Å²) in [4.78, 5) is 38.4. The van der Waals surface area contributed by atoms with E-state index in [0.29, 0.717) is 6.54 Å². The summed E-state index contributed by atoms with van der Waals surface area (Å²) in [5.74, 6) is -2.04. The van der Waals surface area contributed by atoms with E-state index in [9.17, 15) is 14.4 Å². The first kappa shape index (κ1) is 22.0. The summed E-state index contributed by atoms with van der Waals surface area (Å²) < 4.78 is 10.4. The van der Waals surface area contributed by atoms with Gasteiger partial charge in [-0.25, -0.2) is 4.79 Å². The minimum Gasteiger partial charge on any atom is -0.462 e. The monoisotopic (exact) mass is 423 g/mol. The third-order valence-corrected chi connectivity index (χ3v) is 4.74. The molecular weight excluding hydrogens is 398 g/mol. The molecule has 0 spiro atoms. The van der Waals surface area contributed by atoms with Crippen LogP contribution in [0.1, 0.15) is 39.0 Å². The lowest BCUT2D eigenvalue weighted by Gasteiger charge is -2.16. The number of ether oxygens (including phenoxy) is 1. The summed E-state index contributed by atoms with van der Waals surface area (Å²) in [6.45, 7) is 3.86. The number of hydrogen-bond acceptors (Lipinski definition) is 6. The van der Waals surface area contributed by atoms with Crippen LogP contribution >= 0.6 is 0 Å². The number of nitrogens with two attached hydrogens (primary N) is 1. The Kier molecular flexibility index (Phi) is 6.71. The van der Waals surface area contributed by atoms with Crippen LogP contribution in [0.5, 0.6) is 0 Å². The Labute approximate surface area is 179 Å². The number of carbonyl (C=O) groups excluding carboxylic acids is 3. The maximum atomic E-state index is 12.5. The van der Waals surface area contributed by atoms with Crippen LogP contribution in [-0.4, -0.2) is 42.9 Å². The van der Waals surface area contributed by atoms with Gasteiger partial charge in [-0.15, -0.1) is 0 Å². The fourth-order valence-corrected chi connectivity index (χ4v) is 3.43. The van der Waals surface area contributed by atoms with Crippen LogP contribution in [0.3, 0.4) is 0 Å². The summed E-state index contributed by atoms with van der Waals surface area (Å²) in [6, 6.07) is 14.2. The normalized spacial score (nSPS) is 11.0. The third kappa shape index (κ3) is 5.10. The van der Waals surface area contributed by atoms with Gasteiger partial charge >= 0.3 is 5.97 Å². The molecule has 0 saturated heterocycles. The quantitative estimate of drug-likeness (QED) is 0.538. The molecule has 8 heteroatoms. The van der Waals surface area contributed by atoms with E-state index in [1.165, 1.54) is 6.92 Å². The Morgan fingerprint density at radius 2 is 1.81 bits per heavy atom. The number of nitrogens with one attached hydrogen (secondary N) is 1. The Morgan fingerprint density at radius 1 is 1.10 bits per heavy atom. The number of anilines is 1. The van der Waals surface area contributed by atoms with E-state index >= 15 is 0 Å². The van der Waals surface area contributed by atoms with Crippen molar-refractivity contribution in [3.05, 3.63) is 64.9 Å². The lowest BCUT2D eigenvalue weighted by molar-refractivity contribution is -0.117. The Morgan fingerprint density at radius 3 is 2.48 bits per heavy atom. The molecule has 3 N–H and O–H groups in total. The maximum Gasteiger partial charge on any atom is 0.342 e. The molecule has 0 aliphatic carbocycles. The van der Waals surface area contributed by atoms with Crippen molar-refractivity contribution >= 4 is 34.4 Å². The van der Waals surface area contributed by atoms with Crippen LogP contribution in [0.2, 0.25) is 0 Å². The van der Waals surface area contributed by atoms with Crippen molar-refractivity contribution in [2.24, 2.45) is 5.73 Å². The van der Waals surface area contributed by atoms with Crippen LogP contribution in [0.25, 0.3) is 10.8 Å². The van der Waals surface area contributed by atoms with Crippen LogP contribution < -0.4 is 11.1 Å². The summed E-state index contributed by atoms with van der Waals surface area (Å²) in [5.41, 5.74) is 6.21. The molecule has 2 amide bonds. The number of esters is 1. The zero-order valence-corrected chi connectivity index (χ0v) is 17.7. The third-order valence-electron chi connectivity index (χ3n) is 4.74. The minimum absolute atomic E-state index is 0.0412. The maximum absolute atomic E-state index is 12.5. The number of amides is 2. The number of likely N-dealkylation sites (N-methyl/N-ethyl adjacent to an activating group) is 1. The van der Waals surface area contributed by atoms with E-state index in [2.05, 4.69) is 11.4 Å². The Hall–Kier alpha value is -3.65. The summed E-state index contributed by atoms with van der Waals surface area (Å²) in [7, 11) is 1.81. The average molecular weight is 423 g/mol. The Bertz CT molecular complexity index is 1140. The number of benzene rings is 2. The van der Waals surface area contributed by atoms with E-state index in [-0.39, 0.29) is 35.9 Å². The van der Waals surface area contributed by atoms with Gasteiger partial charge < -0.3 is 14.9 Å². The topological polar surface area (TPSA) is 115 Å². The van der Waals surface area contributed by atoms with Crippen LogP contribution in [0.15, 0.2) is 46.9 Å². The van der Waals surface area contributed by atoms with Crippen molar-refractivity contribution in [2.45, 2.75) is 20.4 Å². The number of nitrogens with zero attached hydrogens (tertiary/aromatic N) is 1. The van der Waals surface area contributed by atoms with E-state index in [1.54, 1.807) is 14.0 Å². The van der Waals surface area contributed by atoms with Crippen LogP contribution in [-0.2, 0) is 16.1 Å². The summed E-state index contributed by atoms with van der Waals surface area (Å²) in [5, 5.41) is 4.82. The summed E-state index contributed by atoms with van der Waals surface area (Å²) in [6.07, 6.45) is 0. The number of primary amides is 1. The van der Waals surface area contributed by atoms with Gasteiger partial charge in [0.05, 0.1) is 13.2 Å². The van der Waals surface area contributed by atoms with Gasteiger partial charge in [0.1, 0.15) is 16.9 Å². The largest absolute Gasteiger partial charge is 0.462 e. The highest BCUT2D eigenvalue weighted by Gasteiger charge is 2.29. The lowest BCUT2D eigenvalue weighted by atomic mass is 10.1. The molecule has 8 nitrogen and oxygen atoms in total. The molecule has 0 aliphatic rings. The Balaban J connectivity index is 1.70. The second-order valence-electron chi connectivity index (χ2n) is 7.22. The second kappa shape index (κ2) is 9.44. The van der Waals surface area contributed by atoms with Crippen molar-refractivity contribution in [2.75, 3.05) is 25.5 Å². The smallest absolute Gasteiger partial charge is 0.342 e. The van der Waals surface area contributed by atoms with Gasteiger partial charge in [0, 0.05) is 6.54 Å². The molecule has 0 bridgehead atoms. The first-order chi connectivity index (χ1) is 14.8. The van der Waals surface area contributed by atoms with Crippen molar-refractivity contribution in [1.82, 2.24) is 4.90 Å². The highest BCUT2D eigenvalue weighted by Crippen LogP contribution is 2.27. The molecule has 3 aromatic rings. The number of rotatable bonds is 8. The fourth-order valence-electron chi connectivity index (χ4n) is 3.43. The van der Waals surface area contributed by atoms with Crippen LogP contribution in [0.4, 0.5) is 5.88 Å². The number of fused-ring (bicyclic) bond motifs is 1. The van der Waals surface area contributed by atoms with Gasteiger partial charge in [-0.1, -0.05) is 36.4 Å². The van der Waals surface area contributed by atoms with Gasteiger partial charge in [-0.3, -0.25) is 19.8 Å². The first-order valence-corrected chi connectivity index (χ1v) is 9.86. The van der Waals surface area contributed by atoms with Gasteiger partial charge in [0.15, 0.2) is 0 Å². The standard InChI is InChI=1S/C23H25N3O5/c1-4-30-23(29)19-14(2)31-22(20(19)21(24)28)25-18(27)13-26(3)12-15-9-10-16-7-5-6-8-17(16)11-15/h5-11H,4,12-13H2,1-3H3,(H2,24,28)(H,25,27). The molecule has 1 heterocycles. The van der Waals surface area contributed by atoms with Crippen molar-refractivity contribution < 1.29 is 23.5 Å². The minimum atomic E-state index is -0.889.